The Morgan fingerprint density at radius 1 is 1.19 bits per heavy atom. The fourth-order valence-corrected chi connectivity index (χ4v) is 1.98. The predicted octanol–water partition coefficient (Wildman–Crippen LogP) is 1.51. The highest BCUT2D eigenvalue weighted by Gasteiger charge is 2.13. The van der Waals surface area contributed by atoms with Crippen LogP contribution in [0.4, 0.5) is 0 Å². The van der Waals surface area contributed by atoms with Crippen LogP contribution < -0.4 is 4.74 Å². The van der Waals surface area contributed by atoms with Gasteiger partial charge in [-0.3, -0.25) is 0 Å². The van der Waals surface area contributed by atoms with Crippen molar-refractivity contribution in [2.75, 3.05) is 33.0 Å². The van der Waals surface area contributed by atoms with Gasteiger partial charge in [-0.25, -0.2) is 4.98 Å². The largest absolute Gasteiger partial charge is 0.475 e. The second kappa shape index (κ2) is 9.68. The molecule has 2 rings (SSSR count). The normalized spacial score (nSPS) is 18.6. The van der Waals surface area contributed by atoms with Crippen molar-refractivity contribution in [2.24, 2.45) is 0 Å². The summed E-state index contributed by atoms with van der Waals surface area (Å²) >= 11 is 0. The molecular weight excluding hydrogens is 274 g/mol. The Kier molecular flexibility index (Phi) is 7.45. The summed E-state index contributed by atoms with van der Waals surface area (Å²) in [7, 11) is 0. The van der Waals surface area contributed by atoms with Crippen molar-refractivity contribution in [3.63, 3.8) is 0 Å². The number of hydrogen-bond acceptors (Lipinski definition) is 6. The van der Waals surface area contributed by atoms with Gasteiger partial charge in [0.1, 0.15) is 6.61 Å². The lowest BCUT2D eigenvalue weighted by Gasteiger charge is -2.22. The molecule has 1 fully saturated rings. The van der Waals surface area contributed by atoms with Gasteiger partial charge in [0.05, 0.1) is 26.4 Å². The molecule has 0 spiro atoms. The van der Waals surface area contributed by atoms with Gasteiger partial charge in [-0.05, 0) is 30.9 Å². The Hall–Kier alpha value is -1.21. The van der Waals surface area contributed by atoms with E-state index in [0.717, 1.165) is 25.0 Å². The molecule has 1 aliphatic heterocycles. The molecule has 0 radical (unpaired) electrons. The molecule has 1 aliphatic rings. The van der Waals surface area contributed by atoms with Crippen LogP contribution in [-0.4, -0.2) is 49.4 Å². The summed E-state index contributed by atoms with van der Waals surface area (Å²) < 4.78 is 21.8. The van der Waals surface area contributed by atoms with Crippen molar-refractivity contribution in [1.29, 1.82) is 0 Å². The number of nitrogens with zero attached hydrogens (tertiary/aromatic N) is 1. The quantitative estimate of drug-likeness (QED) is 0.697. The molecule has 0 aromatic carbocycles. The monoisotopic (exact) mass is 297 g/mol. The Morgan fingerprint density at radius 3 is 2.81 bits per heavy atom. The molecule has 21 heavy (non-hydrogen) atoms. The summed E-state index contributed by atoms with van der Waals surface area (Å²) in [5, 5.41) is 8.90. The first-order chi connectivity index (χ1) is 10.4. The van der Waals surface area contributed by atoms with Crippen molar-refractivity contribution in [2.45, 2.75) is 32.2 Å². The highest BCUT2D eigenvalue weighted by atomic mass is 16.7. The van der Waals surface area contributed by atoms with Crippen LogP contribution >= 0.6 is 0 Å². The smallest absolute Gasteiger partial charge is 0.213 e. The lowest BCUT2D eigenvalue weighted by atomic mass is 10.2. The van der Waals surface area contributed by atoms with Gasteiger partial charge >= 0.3 is 0 Å². The van der Waals surface area contributed by atoms with E-state index in [0.29, 0.717) is 32.3 Å². The van der Waals surface area contributed by atoms with Crippen LogP contribution in [0.1, 0.15) is 24.8 Å². The first-order valence-electron chi connectivity index (χ1n) is 7.38. The topological polar surface area (TPSA) is 70.0 Å². The minimum atomic E-state index is -0.0622. The van der Waals surface area contributed by atoms with E-state index < -0.39 is 0 Å². The lowest BCUT2D eigenvalue weighted by Crippen LogP contribution is -2.24. The van der Waals surface area contributed by atoms with Crippen LogP contribution in [0.5, 0.6) is 5.88 Å². The number of hydrogen-bond donors (Lipinski definition) is 1. The molecule has 0 saturated carbocycles. The fraction of sp³-hybridized carbons (Fsp3) is 0.667. The van der Waals surface area contributed by atoms with Crippen LogP contribution in [0, 0.1) is 0 Å². The summed E-state index contributed by atoms with van der Waals surface area (Å²) in [5.41, 5.74) is 0.765. The van der Waals surface area contributed by atoms with Gasteiger partial charge in [-0.15, -0.1) is 0 Å². The molecule has 1 unspecified atom stereocenters. The van der Waals surface area contributed by atoms with Crippen LogP contribution in [0.25, 0.3) is 0 Å². The van der Waals surface area contributed by atoms with Gasteiger partial charge in [-0.2, -0.15) is 0 Å². The average molecular weight is 297 g/mol. The second-order valence-electron chi connectivity index (χ2n) is 4.79. The molecule has 6 heteroatoms. The summed E-state index contributed by atoms with van der Waals surface area (Å²) in [6.45, 7) is 2.76. The van der Waals surface area contributed by atoms with Gasteiger partial charge in [-0.1, -0.05) is 0 Å². The first kappa shape index (κ1) is 16.2. The Labute approximate surface area is 125 Å². The van der Waals surface area contributed by atoms with Crippen molar-refractivity contribution >= 4 is 0 Å². The maximum Gasteiger partial charge on any atom is 0.213 e. The van der Waals surface area contributed by atoms with Gasteiger partial charge in [0.2, 0.25) is 5.88 Å². The van der Waals surface area contributed by atoms with Crippen molar-refractivity contribution in [1.82, 2.24) is 4.98 Å². The van der Waals surface area contributed by atoms with Gasteiger partial charge in [0, 0.05) is 18.9 Å². The second-order valence-corrected chi connectivity index (χ2v) is 4.79. The van der Waals surface area contributed by atoms with E-state index in [-0.39, 0.29) is 12.9 Å². The van der Waals surface area contributed by atoms with E-state index in [1.54, 1.807) is 18.3 Å². The Morgan fingerprint density at radius 2 is 2.10 bits per heavy atom. The van der Waals surface area contributed by atoms with Gasteiger partial charge < -0.3 is 24.1 Å². The zero-order chi connectivity index (χ0) is 14.8. The third kappa shape index (κ3) is 6.39. The number of aliphatic hydroxyl groups excluding tert-OH is 1. The standard InChI is InChI=1S/C15H23NO5/c17-12-13-4-5-14(16-11-13)19-9-7-18-8-10-21-15-3-1-2-6-20-15/h4-5,11,15,17H,1-3,6-10,12H2. The van der Waals surface area contributed by atoms with Crippen LogP contribution in [0.2, 0.25) is 0 Å². The minimum Gasteiger partial charge on any atom is -0.475 e. The molecule has 1 aromatic rings. The summed E-state index contributed by atoms with van der Waals surface area (Å²) in [5.74, 6) is 0.530. The number of pyridine rings is 1. The molecule has 1 aromatic heterocycles. The predicted molar refractivity (Wildman–Crippen MR) is 76.0 cm³/mol. The SMILES string of the molecule is OCc1ccc(OCCOCCOC2CCCCO2)nc1. The van der Waals surface area contributed by atoms with E-state index in [2.05, 4.69) is 4.98 Å². The maximum absolute atomic E-state index is 8.90. The van der Waals surface area contributed by atoms with E-state index >= 15 is 0 Å². The maximum atomic E-state index is 8.90. The fourth-order valence-electron chi connectivity index (χ4n) is 1.98. The molecular formula is C15H23NO5. The molecule has 118 valence electrons. The Bertz CT molecular complexity index is 378. The minimum absolute atomic E-state index is 0.0128. The molecule has 1 N–H and O–H groups in total. The Balaban J connectivity index is 1.46. The van der Waals surface area contributed by atoms with E-state index in [9.17, 15) is 0 Å². The van der Waals surface area contributed by atoms with Gasteiger partial charge in [0.15, 0.2) is 6.29 Å². The molecule has 2 heterocycles. The van der Waals surface area contributed by atoms with Crippen molar-refractivity contribution in [3.8, 4) is 5.88 Å². The number of aromatic nitrogens is 1. The highest BCUT2D eigenvalue weighted by Crippen LogP contribution is 2.13. The van der Waals surface area contributed by atoms with E-state index in [4.69, 9.17) is 24.1 Å². The van der Waals surface area contributed by atoms with E-state index in [1.807, 2.05) is 0 Å². The zero-order valence-electron chi connectivity index (χ0n) is 12.2. The van der Waals surface area contributed by atoms with E-state index in [1.165, 1.54) is 6.42 Å². The third-order valence-corrected chi connectivity index (χ3v) is 3.13. The molecule has 6 nitrogen and oxygen atoms in total. The molecule has 0 bridgehead atoms. The van der Waals surface area contributed by atoms with Crippen LogP contribution in [0.15, 0.2) is 18.3 Å². The molecule has 1 atom stereocenters. The first-order valence-corrected chi connectivity index (χ1v) is 7.38. The number of aliphatic hydroxyl groups is 1. The number of rotatable bonds is 9. The average Bonchev–Trinajstić information content (AvgIpc) is 2.55. The zero-order valence-corrected chi connectivity index (χ0v) is 12.2. The molecule has 0 amide bonds. The third-order valence-electron chi connectivity index (χ3n) is 3.13. The van der Waals surface area contributed by atoms with Crippen molar-refractivity contribution in [3.05, 3.63) is 23.9 Å². The lowest BCUT2D eigenvalue weighted by molar-refractivity contribution is -0.169. The highest BCUT2D eigenvalue weighted by molar-refractivity contribution is 5.16. The summed E-state index contributed by atoms with van der Waals surface area (Å²) in [6, 6.07) is 3.51. The summed E-state index contributed by atoms with van der Waals surface area (Å²) in [6.07, 6.45) is 4.79. The van der Waals surface area contributed by atoms with Crippen LogP contribution in [-0.2, 0) is 20.8 Å². The van der Waals surface area contributed by atoms with Gasteiger partial charge in [0.25, 0.3) is 0 Å². The van der Waals surface area contributed by atoms with Crippen LogP contribution in [0.3, 0.4) is 0 Å². The molecule has 0 aliphatic carbocycles. The summed E-state index contributed by atoms with van der Waals surface area (Å²) in [4.78, 5) is 4.07. The van der Waals surface area contributed by atoms with Crippen molar-refractivity contribution < 1.29 is 24.1 Å². The molecule has 1 saturated heterocycles. The number of ether oxygens (including phenoxy) is 4.